The highest BCUT2D eigenvalue weighted by atomic mass is 127. The van der Waals surface area contributed by atoms with Gasteiger partial charge in [0.25, 0.3) is 5.91 Å². The fourth-order valence-electron chi connectivity index (χ4n) is 3.17. The van der Waals surface area contributed by atoms with Crippen LogP contribution in [0.1, 0.15) is 23.6 Å². The van der Waals surface area contributed by atoms with E-state index in [0.29, 0.717) is 12.3 Å². The zero-order valence-corrected chi connectivity index (χ0v) is 21.1. The van der Waals surface area contributed by atoms with Gasteiger partial charge in [0.05, 0.1) is 13.1 Å². The van der Waals surface area contributed by atoms with Gasteiger partial charge in [0.1, 0.15) is 5.75 Å². The van der Waals surface area contributed by atoms with E-state index in [4.69, 9.17) is 15.5 Å². The predicted molar refractivity (Wildman–Crippen MR) is 141 cm³/mol. The molecule has 33 heavy (non-hydrogen) atoms. The van der Waals surface area contributed by atoms with Gasteiger partial charge in [0.2, 0.25) is 0 Å². The van der Waals surface area contributed by atoms with Crippen LogP contribution in [0.15, 0.2) is 72.0 Å². The number of nitrogens with one attached hydrogen (secondary N) is 2. The number of carbonyl (C=O) groups is 1. The maximum atomic E-state index is 10.8. The highest BCUT2D eigenvalue weighted by Crippen LogP contribution is 2.13. The van der Waals surface area contributed by atoms with Gasteiger partial charge in [-0.2, -0.15) is 5.10 Å². The van der Waals surface area contributed by atoms with Crippen LogP contribution in [-0.2, 0) is 24.3 Å². The summed E-state index contributed by atoms with van der Waals surface area (Å²) in [5.41, 5.74) is 8.63. The molecule has 0 radical (unpaired) electrons. The number of hydrogen-bond donors (Lipinski definition) is 3. The third-order valence-electron chi connectivity index (χ3n) is 4.77. The lowest BCUT2D eigenvalue weighted by Gasteiger charge is -2.13. The summed E-state index contributed by atoms with van der Waals surface area (Å²) in [5.74, 6) is 0.921. The number of ether oxygens (including phenoxy) is 1. The molecule has 0 bridgehead atoms. The molecule has 1 aromatic heterocycles. The smallest absolute Gasteiger partial charge is 0.255 e. The van der Waals surface area contributed by atoms with E-state index in [0.717, 1.165) is 37.6 Å². The number of benzene rings is 2. The third kappa shape index (κ3) is 9.13. The number of hydrogen-bond acceptors (Lipinski definition) is 4. The Morgan fingerprint density at radius 3 is 2.52 bits per heavy atom. The number of nitrogens with two attached hydrogens (primary N) is 1. The van der Waals surface area contributed by atoms with Crippen molar-refractivity contribution in [3.8, 4) is 5.75 Å². The van der Waals surface area contributed by atoms with Crippen molar-refractivity contribution in [1.29, 1.82) is 0 Å². The van der Waals surface area contributed by atoms with Gasteiger partial charge >= 0.3 is 0 Å². The van der Waals surface area contributed by atoms with Gasteiger partial charge in [-0.1, -0.05) is 36.4 Å². The van der Waals surface area contributed by atoms with Crippen LogP contribution in [0.4, 0.5) is 0 Å². The maximum absolute atomic E-state index is 10.8. The second-order valence-electron chi connectivity index (χ2n) is 7.24. The Hall–Kier alpha value is -3.08. The SMILES string of the molecule is CCNC(=NCc1ccccc1Cn1cccn1)NCCc1ccc(OCC(N)=O)cc1.I. The number of nitrogens with zero attached hydrogens (tertiary/aromatic N) is 3. The first kappa shape index (κ1) is 26.2. The van der Waals surface area contributed by atoms with E-state index in [1.165, 1.54) is 11.1 Å². The lowest BCUT2D eigenvalue weighted by molar-refractivity contribution is -0.119. The average Bonchev–Trinajstić information content (AvgIpc) is 3.31. The highest BCUT2D eigenvalue weighted by Gasteiger charge is 2.04. The molecule has 1 heterocycles. The molecule has 0 atom stereocenters. The van der Waals surface area contributed by atoms with Gasteiger partial charge in [0.15, 0.2) is 12.6 Å². The summed E-state index contributed by atoms with van der Waals surface area (Å²) in [6, 6.07) is 17.9. The van der Waals surface area contributed by atoms with Crippen LogP contribution in [0, 0.1) is 0 Å². The third-order valence-corrected chi connectivity index (χ3v) is 4.77. The first-order valence-electron chi connectivity index (χ1n) is 10.7. The monoisotopic (exact) mass is 562 g/mol. The van der Waals surface area contributed by atoms with Crippen molar-refractivity contribution in [2.75, 3.05) is 19.7 Å². The minimum Gasteiger partial charge on any atom is -0.484 e. The van der Waals surface area contributed by atoms with Gasteiger partial charge in [-0.25, -0.2) is 4.99 Å². The molecule has 0 saturated carbocycles. The molecular formula is C24H31IN6O2. The summed E-state index contributed by atoms with van der Waals surface area (Å²) in [4.78, 5) is 15.6. The van der Waals surface area contributed by atoms with Crippen molar-refractivity contribution in [2.45, 2.75) is 26.4 Å². The Labute approximate surface area is 211 Å². The first-order valence-corrected chi connectivity index (χ1v) is 10.7. The van der Waals surface area contributed by atoms with Crippen LogP contribution < -0.4 is 21.1 Å². The summed E-state index contributed by atoms with van der Waals surface area (Å²) >= 11 is 0. The molecule has 4 N–H and O–H groups in total. The van der Waals surface area contributed by atoms with E-state index >= 15 is 0 Å². The van der Waals surface area contributed by atoms with Gasteiger partial charge in [-0.15, -0.1) is 24.0 Å². The first-order chi connectivity index (χ1) is 15.6. The van der Waals surface area contributed by atoms with Crippen LogP contribution in [0.3, 0.4) is 0 Å². The van der Waals surface area contributed by atoms with Gasteiger partial charge in [0, 0.05) is 25.5 Å². The molecule has 3 aromatic rings. The summed E-state index contributed by atoms with van der Waals surface area (Å²) in [6.45, 7) is 4.76. The molecule has 0 unspecified atom stereocenters. The number of primary amides is 1. The lowest BCUT2D eigenvalue weighted by Crippen LogP contribution is -2.38. The maximum Gasteiger partial charge on any atom is 0.255 e. The number of aromatic nitrogens is 2. The summed E-state index contributed by atoms with van der Waals surface area (Å²) in [5, 5.41) is 11.0. The van der Waals surface area contributed by atoms with Crippen molar-refractivity contribution in [1.82, 2.24) is 20.4 Å². The van der Waals surface area contributed by atoms with E-state index < -0.39 is 5.91 Å². The Kier molecular flexibility index (Phi) is 11.2. The van der Waals surface area contributed by atoms with Gasteiger partial charge < -0.3 is 21.1 Å². The molecular weight excluding hydrogens is 531 g/mol. The standard InChI is InChI=1S/C24H30N6O2.HI/c1-2-26-24(27-14-12-19-8-10-22(11-9-19)32-18-23(25)31)28-16-20-6-3-4-7-21(20)17-30-15-5-13-29-30;/h3-11,13,15H,2,12,14,16-18H2,1H3,(H2,25,31)(H2,26,27,28);1H. The molecule has 1 amide bonds. The molecule has 176 valence electrons. The van der Waals surface area contributed by atoms with Crippen molar-refractivity contribution in [3.63, 3.8) is 0 Å². The van der Waals surface area contributed by atoms with Crippen molar-refractivity contribution in [3.05, 3.63) is 83.7 Å². The van der Waals surface area contributed by atoms with Crippen molar-refractivity contribution in [2.24, 2.45) is 10.7 Å². The average molecular weight is 562 g/mol. The minimum atomic E-state index is -0.488. The molecule has 0 aliphatic heterocycles. The number of halogens is 1. The molecule has 3 rings (SSSR count). The fraction of sp³-hybridized carbons (Fsp3) is 0.292. The number of carbonyl (C=O) groups excluding carboxylic acids is 1. The predicted octanol–water partition coefficient (Wildman–Crippen LogP) is 2.71. The molecule has 0 aliphatic rings. The van der Waals surface area contributed by atoms with E-state index in [2.05, 4.69) is 27.9 Å². The Morgan fingerprint density at radius 2 is 1.85 bits per heavy atom. The van der Waals surface area contributed by atoms with E-state index in [1.54, 1.807) is 6.20 Å². The second-order valence-corrected chi connectivity index (χ2v) is 7.24. The fourth-order valence-corrected chi connectivity index (χ4v) is 3.17. The highest BCUT2D eigenvalue weighted by molar-refractivity contribution is 14.0. The Bertz CT molecular complexity index is 1010. The van der Waals surface area contributed by atoms with Crippen LogP contribution >= 0.6 is 24.0 Å². The molecule has 0 saturated heterocycles. The normalized spacial score (nSPS) is 10.9. The largest absolute Gasteiger partial charge is 0.484 e. The Morgan fingerprint density at radius 1 is 1.09 bits per heavy atom. The number of rotatable bonds is 11. The Balaban J connectivity index is 0.00000385. The molecule has 9 heteroatoms. The van der Waals surface area contributed by atoms with Crippen LogP contribution in [-0.4, -0.2) is 41.3 Å². The van der Waals surface area contributed by atoms with Crippen LogP contribution in [0.25, 0.3) is 0 Å². The molecule has 8 nitrogen and oxygen atoms in total. The van der Waals surface area contributed by atoms with Crippen LogP contribution in [0.2, 0.25) is 0 Å². The van der Waals surface area contributed by atoms with Gasteiger partial charge in [-0.05, 0) is 48.2 Å². The number of amides is 1. The van der Waals surface area contributed by atoms with E-state index in [1.807, 2.05) is 60.3 Å². The van der Waals surface area contributed by atoms with Crippen molar-refractivity contribution < 1.29 is 9.53 Å². The van der Waals surface area contributed by atoms with E-state index in [9.17, 15) is 4.79 Å². The second kappa shape index (κ2) is 14.1. The lowest BCUT2D eigenvalue weighted by atomic mass is 10.1. The summed E-state index contributed by atoms with van der Waals surface area (Å²) in [6.07, 6.45) is 4.58. The molecule has 0 fully saturated rings. The van der Waals surface area contributed by atoms with Crippen LogP contribution in [0.5, 0.6) is 5.75 Å². The topological polar surface area (TPSA) is 107 Å². The number of guanidine groups is 1. The van der Waals surface area contributed by atoms with Gasteiger partial charge in [-0.3, -0.25) is 9.48 Å². The zero-order valence-electron chi connectivity index (χ0n) is 18.7. The summed E-state index contributed by atoms with van der Waals surface area (Å²) < 4.78 is 7.20. The molecule has 0 aliphatic carbocycles. The zero-order chi connectivity index (χ0) is 22.6. The quantitative estimate of drug-likeness (QED) is 0.189. The number of aliphatic imine (C=N–C) groups is 1. The van der Waals surface area contributed by atoms with Crippen molar-refractivity contribution >= 4 is 35.8 Å². The molecule has 0 spiro atoms. The summed E-state index contributed by atoms with van der Waals surface area (Å²) in [7, 11) is 0. The minimum absolute atomic E-state index is 0. The van der Waals surface area contributed by atoms with E-state index in [-0.39, 0.29) is 30.6 Å². The molecule has 2 aromatic carbocycles.